The summed E-state index contributed by atoms with van der Waals surface area (Å²) in [4.78, 5) is 31.0. The van der Waals surface area contributed by atoms with Crippen LogP contribution in [0, 0.1) is 5.92 Å². The smallest absolute Gasteiger partial charge is 0.354 e. The van der Waals surface area contributed by atoms with E-state index in [1.165, 1.54) is 6.07 Å². The number of anilines is 1. The van der Waals surface area contributed by atoms with Crippen LogP contribution in [0.1, 0.15) is 36.2 Å². The number of aromatic nitrogens is 1. The van der Waals surface area contributed by atoms with Gasteiger partial charge in [0.25, 0.3) is 5.91 Å². The Morgan fingerprint density at radius 3 is 2.56 bits per heavy atom. The number of aromatic carboxylic acids is 1. The molecule has 0 unspecified atom stereocenters. The van der Waals surface area contributed by atoms with Crippen LogP contribution < -0.4 is 4.90 Å². The van der Waals surface area contributed by atoms with Crippen LogP contribution in [-0.4, -0.2) is 66.3 Å². The molecule has 2 saturated heterocycles. The van der Waals surface area contributed by atoms with Crippen LogP contribution >= 0.6 is 0 Å². The van der Waals surface area contributed by atoms with Gasteiger partial charge in [-0.3, -0.25) is 4.79 Å². The van der Waals surface area contributed by atoms with Gasteiger partial charge in [0.1, 0.15) is 11.9 Å². The molecule has 1 aromatic rings. The quantitative estimate of drug-likeness (QED) is 0.891. The number of carbonyl (C=O) groups is 2. The molecule has 2 aliphatic rings. The number of carboxylic acids is 1. The SMILES string of the molecule is CN(C)C(=O)[C@H]1CC[C@@H](C2CCN(c3cccc(C(=O)O)n3)CC2)O1. The molecule has 25 heavy (non-hydrogen) atoms. The van der Waals surface area contributed by atoms with E-state index in [1.807, 2.05) is 6.07 Å². The summed E-state index contributed by atoms with van der Waals surface area (Å²) in [5.74, 6) is 0.201. The summed E-state index contributed by atoms with van der Waals surface area (Å²) in [5.41, 5.74) is 0.0730. The maximum atomic E-state index is 12.0. The van der Waals surface area contributed by atoms with Crippen LogP contribution in [0.15, 0.2) is 18.2 Å². The Labute approximate surface area is 147 Å². The third kappa shape index (κ3) is 3.92. The molecule has 0 aromatic carbocycles. The fourth-order valence-corrected chi connectivity index (χ4v) is 3.70. The normalized spacial score (nSPS) is 24.3. The van der Waals surface area contributed by atoms with Crippen molar-refractivity contribution in [3.63, 3.8) is 0 Å². The molecule has 1 amide bonds. The second-order valence-corrected chi connectivity index (χ2v) is 6.98. The molecule has 2 atom stereocenters. The molecular weight excluding hydrogens is 322 g/mol. The highest BCUT2D eigenvalue weighted by atomic mass is 16.5. The van der Waals surface area contributed by atoms with Crippen LogP contribution in [0.4, 0.5) is 5.82 Å². The second kappa shape index (κ2) is 7.39. The van der Waals surface area contributed by atoms with Crippen molar-refractivity contribution in [3.05, 3.63) is 23.9 Å². The van der Waals surface area contributed by atoms with Gasteiger partial charge in [0.05, 0.1) is 6.10 Å². The highest BCUT2D eigenvalue weighted by Gasteiger charge is 2.37. The number of amides is 1. The Hall–Kier alpha value is -2.15. The molecule has 2 fully saturated rings. The van der Waals surface area contributed by atoms with Gasteiger partial charge < -0.3 is 19.6 Å². The van der Waals surface area contributed by atoms with Crippen molar-refractivity contribution in [3.8, 4) is 0 Å². The highest BCUT2D eigenvalue weighted by Crippen LogP contribution is 2.33. The molecule has 3 rings (SSSR count). The maximum Gasteiger partial charge on any atom is 0.354 e. The summed E-state index contributed by atoms with van der Waals surface area (Å²) < 4.78 is 6.01. The first kappa shape index (κ1) is 17.7. The largest absolute Gasteiger partial charge is 0.477 e. The van der Waals surface area contributed by atoms with E-state index in [1.54, 1.807) is 25.1 Å². The fraction of sp³-hybridized carbons (Fsp3) is 0.611. The summed E-state index contributed by atoms with van der Waals surface area (Å²) in [6.07, 6.45) is 3.51. The molecule has 0 aliphatic carbocycles. The van der Waals surface area contributed by atoms with Crippen LogP contribution in [0.25, 0.3) is 0 Å². The average Bonchev–Trinajstić information content (AvgIpc) is 3.11. The number of rotatable bonds is 4. The molecule has 3 heterocycles. The van der Waals surface area contributed by atoms with Gasteiger partial charge in [-0.1, -0.05) is 6.07 Å². The van der Waals surface area contributed by atoms with Crippen molar-refractivity contribution < 1.29 is 19.4 Å². The number of ether oxygens (including phenoxy) is 1. The number of hydrogen-bond donors (Lipinski definition) is 1. The van der Waals surface area contributed by atoms with Crippen LogP contribution in [0.5, 0.6) is 0 Å². The van der Waals surface area contributed by atoms with Gasteiger partial charge in [0.2, 0.25) is 0 Å². The minimum absolute atomic E-state index is 0.0506. The predicted molar refractivity (Wildman–Crippen MR) is 92.7 cm³/mol. The number of hydrogen-bond acceptors (Lipinski definition) is 5. The highest BCUT2D eigenvalue weighted by molar-refractivity contribution is 5.85. The second-order valence-electron chi connectivity index (χ2n) is 6.98. The van der Waals surface area contributed by atoms with E-state index in [2.05, 4.69) is 9.88 Å². The summed E-state index contributed by atoms with van der Waals surface area (Å²) in [5, 5.41) is 9.07. The zero-order chi connectivity index (χ0) is 18.0. The fourth-order valence-electron chi connectivity index (χ4n) is 3.70. The molecule has 0 spiro atoms. The standard InChI is InChI=1S/C18H25N3O4/c1-20(2)17(22)15-7-6-14(25-15)12-8-10-21(11-9-12)16-5-3-4-13(19-16)18(23)24/h3-5,12,14-15H,6-11H2,1-2H3,(H,23,24)/t14-,15+/m0/s1. The lowest BCUT2D eigenvalue weighted by atomic mass is 9.89. The number of carbonyl (C=O) groups excluding carboxylic acids is 1. The molecule has 2 aliphatic heterocycles. The van der Waals surface area contributed by atoms with E-state index in [0.29, 0.717) is 11.7 Å². The van der Waals surface area contributed by atoms with Crippen LogP contribution in [0.2, 0.25) is 0 Å². The molecule has 1 aromatic heterocycles. The Kier molecular flexibility index (Phi) is 5.22. The third-order valence-electron chi connectivity index (χ3n) is 5.11. The molecular formula is C18H25N3O4. The van der Waals surface area contributed by atoms with Crippen LogP contribution in [0.3, 0.4) is 0 Å². The molecule has 7 heteroatoms. The number of nitrogens with zero attached hydrogens (tertiary/aromatic N) is 3. The molecule has 0 saturated carbocycles. The van der Waals surface area contributed by atoms with Crippen LogP contribution in [-0.2, 0) is 9.53 Å². The van der Waals surface area contributed by atoms with Gasteiger partial charge in [-0.05, 0) is 43.7 Å². The average molecular weight is 347 g/mol. The van der Waals surface area contributed by atoms with Gasteiger partial charge in [0, 0.05) is 27.2 Å². The first-order chi connectivity index (χ1) is 12.0. The summed E-state index contributed by atoms with van der Waals surface area (Å²) in [6.45, 7) is 1.65. The number of likely N-dealkylation sites (N-methyl/N-ethyl adjacent to an activating group) is 1. The van der Waals surface area contributed by atoms with E-state index < -0.39 is 5.97 Å². The lowest BCUT2D eigenvalue weighted by Gasteiger charge is -2.35. The zero-order valence-corrected chi connectivity index (χ0v) is 14.7. The van der Waals surface area contributed by atoms with Gasteiger partial charge in [-0.25, -0.2) is 9.78 Å². The number of piperidine rings is 1. The first-order valence-corrected chi connectivity index (χ1v) is 8.77. The maximum absolute atomic E-state index is 12.0. The van der Waals surface area contributed by atoms with Crippen molar-refractivity contribution in [2.75, 3.05) is 32.1 Å². The molecule has 0 radical (unpaired) electrons. The van der Waals surface area contributed by atoms with Crippen molar-refractivity contribution >= 4 is 17.7 Å². The van der Waals surface area contributed by atoms with Gasteiger partial charge in [-0.2, -0.15) is 0 Å². The monoisotopic (exact) mass is 347 g/mol. The van der Waals surface area contributed by atoms with Gasteiger partial charge in [-0.15, -0.1) is 0 Å². The predicted octanol–water partition coefficient (Wildman–Crippen LogP) is 1.63. The van der Waals surface area contributed by atoms with Crippen molar-refractivity contribution in [1.29, 1.82) is 0 Å². The lowest BCUT2D eigenvalue weighted by molar-refractivity contribution is -0.141. The Bertz CT molecular complexity index is 641. The Balaban J connectivity index is 1.55. The summed E-state index contributed by atoms with van der Waals surface area (Å²) in [6, 6.07) is 5.09. The van der Waals surface area contributed by atoms with Crippen molar-refractivity contribution in [1.82, 2.24) is 9.88 Å². The van der Waals surface area contributed by atoms with E-state index in [0.717, 1.165) is 38.8 Å². The zero-order valence-electron chi connectivity index (χ0n) is 14.7. The van der Waals surface area contributed by atoms with Crippen molar-refractivity contribution in [2.24, 2.45) is 5.92 Å². The summed E-state index contributed by atoms with van der Waals surface area (Å²) >= 11 is 0. The van der Waals surface area contributed by atoms with E-state index in [9.17, 15) is 9.59 Å². The minimum Gasteiger partial charge on any atom is -0.477 e. The molecule has 136 valence electrons. The Morgan fingerprint density at radius 1 is 1.20 bits per heavy atom. The lowest BCUT2D eigenvalue weighted by Crippen LogP contribution is -2.39. The molecule has 7 nitrogen and oxygen atoms in total. The van der Waals surface area contributed by atoms with E-state index >= 15 is 0 Å². The topological polar surface area (TPSA) is 83.0 Å². The molecule has 1 N–H and O–H groups in total. The van der Waals surface area contributed by atoms with E-state index in [-0.39, 0.29) is 23.8 Å². The van der Waals surface area contributed by atoms with Crippen molar-refractivity contribution in [2.45, 2.75) is 37.9 Å². The number of pyridine rings is 1. The van der Waals surface area contributed by atoms with Gasteiger partial charge >= 0.3 is 5.97 Å². The summed E-state index contributed by atoms with van der Waals surface area (Å²) in [7, 11) is 3.52. The molecule has 0 bridgehead atoms. The third-order valence-corrected chi connectivity index (χ3v) is 5.11. The number of carboxylic acid groups (broad SMARTS) is 1. The first-order valence-electron chi connectivity index (χ1n) is 8.77. The Morgan fingerprint density at radius 2 is 1.92 bits per heavy atom. The van der Waals surface area contributed by atoms with Gasteiger partial charge in [0.15, 0.2) is 5.69 Å². The minimum atomic E-state index is -1.01. The van der Waals surface area contributed by atoms with E-state index in [4.69, 9.17) is 9.84 Å².